The molecule has 0 amide bonds. The third kappa shape index (κ3) is 5.26. The molecule has 9 heteroatoms. The number of hydrogen-bond acceptors (Lipinski definition) is 5. The van der Waals surface area contributed by atoms with Gasteiger partial charge in [-0.1, -0.05) is 112 Å². The first-order chi connectivity index (χ1) is 18.9. The van der Waals surface area contributed by atoms with Gasteiger partial charge in [-0.2, -0.15) is 9.46 Å². The topological polar surface area (TPSA) is 91.7 Å². The van der Waals surface area contributed by atoms with Gasteiger partial charge >= 0.3 is 0 Å². The van der Waals surface area contributed by atoms with Gasteiger partial charge in [0.1, 0.15) is 27.0 Å². The Morgan fingerprint density at radius 2 is 1.40 bits per heavy atom. The van der Waals surface area contributed by atoms with Crippen LogP contribution in [0.4, 0.5) is 0 Å². The zero-order valence-electron chi connectivity index (χ0n) is 23.8. The molecular weight excluding hydrogens is 537 g/mol. The number of nitrogens with two attached hydrogens (primary N) is 1. The fraction of sp³-hybridized carbons (Fsp3) is 0.323. The normalized spacial score (nSPS) is 17.4. The first-order valence-corrected chi connectivity index (χ1v) is 18.0. The van der Waals surface area contributed by atoms with E-state index in [0.29, 0.717) is 19.0 Å². The zero-order valence-corrected chi connectivity index (χ0v) is 25.6. The fourth-order valence-corrected chi connectivity index (χ4v) is 7.63. The van der Waals surface area contributed by atoms with Crippen LogP contribution in [0, 0.1) is 0 Å². The summed E-state index contributed by atoms with van der Waals surface area (Å²) < 4.78 is 34.1. The van der Waals surface area contributed by atoms with E-state index in [1.54, 1.807) is 4.68 Å². The highest BCUT2D eigenvalue weighted by atomic mass is 32.2. The van der Waals surface area contributed by atoms with Crippen molar-refractivity contribution in [2.75, 3.05) is 6.61 Å². The molecule has 1 aromatic heterocycles. The van der Waals surface area contributed by atoms with Crippen LogP contribution in [0.5, 0.6) is 5.88 Å². The van der Waals surface area contributed by atoms with Gasteiger partial charge in [-0.25, -0.2) is 14.0 Å². The maximum Gasteiger partial charge on any atom is 0.230 e. The molecule has 0 bridgehead atoms. The summed E-state index contributed by atoms with van der Waals surface area (Å²) in [5.74, 6) is 0.384. The lowest BCUT2D eigenvalue weighted by atomic mass is 9.78. The van der Waals surface area contributed by atoms with E-state index in [2.05, 4.69) is 39.0 Å². The fourth-order valence-electron chi connectivity index (χ4n) is 4.86. The van der Waals surface area contributed by atoms with Crippen LogP contribution in [0.15, 0.2) is 106 Å². The van der Waals surface area contributed by atoms with Crippen molar-refractivity contribution in [3.8, 4) is 5.88 Å². The van der Waals surface area contributed by atoms with Crippen LogP contribution in [0.3, 0.4) is 0 Å². The molecule has 0 saturated carbocycles. The summed E-state index contributed by atoms with van der Waals surface area (Å²) in [7, 11) is -5.51. The zero-order chi connectivity index (χ0) is 28.6. The van der Waals surface area contributed by atoms with Gasteiger partial charge in [-0.3, -0.25) is 0 Å². The quantitative estimate of drug-likeness (QED) is 0.205. The van der Waals surface area contributed by atoms with Gasteiger partial charge in [0, 0.05) is 0 Å². The first kappa shape index (κ1) is 28.3. The van der Waals surface area contributed by atoms with Crippen molar-refractivity contribution in [2.24, 2.45) is 9.50 Å². The molecule has 2 heterocycles. The van der Waals surface area contributed by atoms with Crippen molar-refractivity contribution in [2.45, 2.75) is 62.0 Å². The summed E-state index contributed by atoms with van der Waals surface area (Å²) in [6.07, 6.45) is 1.38. The molecule has 40 heavy (non-hydrogen) atoms. The summed E-state index contributed by atoms with van der Waals surface area (Å²) in [6, 6.07) is 29.5. The molecular formula is C31H38N4O3SSi. The Morgan fingerprint density at radius 1 is 0.925 bits per heavy atom. The summed E-state index contributed by atoms with van der Waals surface area (Å²) in [5.41, 5.74) is 1.44. The van der Waals surface area contributed by atoms with Crippen LogP contribution >= 0.6 is 0 Å². The predicted octanol–water partition coefficient (Wildman–Crippen LogP) is 6.36. The largest absolute Gasteiger partial charge is 0.474 e. The van der Waals surface area contributed by atoms with Crippen LogP contribution in [0.2, 0.25) is 18.1 Å². The van der Waals surface area contributed by atoms with Gasteiger partial charge in [0.25, 0.3) is 0 Å². The molecule has 4 aromatic rings. The Labute approximate surface area is 238 Å². The van der Waals surface area contributed by atoms with E-state index in [-0.39, 0.29) is 16.0 Å². The smallest absolute Gasteiger partial charge is 0.230 e. The van der Waals surface area contributed by atoms with E-state index < -0.39 is 23.8 Å². The molecule has 3 aromatic carbocycles. The van der Waals surface area contributed by atoms with Crippen molar-refractivity contribution in [3.05, 3.63) is 114 Å². The number of fused-ring (bicyclic) bond motifs is 1. The molecule has 0 saturated heterocycles. The molecule has 5 rings (SSSR count). The van der Waals surface area contributed by atoms with Gasteiger partial charge in [-0.05, 0) is 34.8 Å². The molecule has 2 unspecified atom stereocenters. The Morgan fingerprint density at radius 3 is 1.85 bits per heavy atom. The minimum Gasteiger partial charge on any atom is -0.474 e. The lowest BCUT2D eigenvalue weighted by Crippen LogP contribution is -2.47. The molecule has 0 radical (unpaired) electrons. The molecule has 0 aliphatic carbocycles. The monoisotopic (exact) mass is 574 g/mol. The molecule has 1 aliphatic heterocycles. The maximum absolute atomic E-state index is 14.6. The average molecular weight is 575 g/mol. The molecule has 0 spiro atoms. The SMILES string of the molecule is CC(C)(C)[Si](C)(C)OC1COc2c(S(N)(=O)=NC(c3ccccc3)(c3ccccc3)c3ccccc3)cnn2C1. The van der Waals surface area contributed by atoms with Crippen molar-refractivity contribution in [3.63, 3.8) is 0 Å². The van der Waals surface area contributed by atoms with E-state index in [4.69, 9.17) is 18.7 Å². The first-order valence-electron chi connectivity index (χ1n) is 13.5. The lowest BCUT2D eigenvalue weighted by Gasteiger charge is -2.40. The van der Waals surface area contributed by atoms with Crippen LogP contribution < -0.4 is 9.88 Å². The average Bonchev–Trinajstić information content (AvgIpc) is 3.37. The Bertz CT molecular complexity index is 1480. The second-order valence-electron chi connectivity index (χ2n) is 11.8. The van der Waals surface area contributed by atoms with Gasteiger partial charge in [0.15, 0.2) is 8.32 Å². The molecule has 2 N–H and O–H groups in total. The molecule has 7 nitrogen and oxygen atoms in total. The second-order valence-corrected chi connectivity index (χ2v) is 18.3. The van der Waals surface area contributed by atoms with E-state index in [1.165, 1.54) is 6.20 Å². The minimum absolute atomic E-state index is 0.0721. The number of ether oxygens (including phenoxy) is 1. The van der Waals surface area contributed by atoms with Crippen molar-refractivity contribution in [1.29, 1.82) is 0 Å². The number of rotatable bonds is 7. The van der Waals surface area contributed by atoms with Crippen LogP contribution in [-0.2, 0) is 26.4 Å². The molecule has 1 aliphatic rings. The summed E-state index contributed by atoms with van der Waals surface area (Å²) in [4.78, 5) is 0.283. The molecule has 0 fully saturated rings. The number of aromatic nitrogens is 2. The van der Waals surface area contributed by atoms with Gasteiger partial charge < -0.3 is 9.16 Å². The summed E-state index contributed by atoms with van der Waals surface area (Å²) in [5, 5.41) is 11.3. The maximum atomic E-state index is 14.6. The van der Waals surface area contributed by atoms with Crippen molar-refractivity contribution < 1.29 is 13.4 Å². The van der Waals surface area contributed by atoms with E-state index in [0.717, 1.165) is 16.7 Å². The number of benzene rings is 3. The molecule has 210 valence electrons. The van der Waals surface area contributed by atoms with Gasteiger partial charge in [0.2, 0.25) is 5.88 Å². The number of hydrogen-bond donors (Lipinski definition) is 1. The highest BCUT2D eigenvalue weighted by molar-refractivity contribution is 7.91. The second kappa shape index (κ2) is 10.6. The summed E-state index contributed by atoms with van der Waals surface area (Å²) >= 11 is 0. The van der Waals surface area contributed by atoms with Crippen molar-refractivity contribution in [1.82, 2.24) is 9.78 Å². The Kier molecular flexibility index (Phi) is 7.52. The van der Waals surface area contributed by atoms with E-state index >= 15 is 0 Å². The van der Waals surface area contributed by atoms with Gasteiger partial charge in [0.05, 0.1) is 18.8 Å². The van der Waals surface area contributed by atoms with Gasteiger partial charge in [-0.15, -0.1) is 0 Å². The highest BCUT2D eigenvalue weighted by Crippen LogP contribution is 2.43. The molecule has 2 atom stereocenters. The Hall–Kier alpha value is -3.24. The van der Waals surface area contributed by atoms with Crippen LogP contribution in [0.1, 0.15) is 37.5 Å². The standard InChI is InChI=1S/C31H38N4O3SSi/c1-30(2,3)40(4,5)38-27-22-35-29(37-23-27)28(21-33-35)39(32,36)34-31(24-15-9-6-10-16-24,25-17-11-7-12-18-25)26-19-13-8-14-20-26/h6-21,27H,22-23H2,1-5H3,(H2,32,34,36). The van der Waals surface area contributed by atoms with Crippen LogP contribution in [-0.4, -0.2) is 35.0 Å². The number of nitrogens with zero attached hydrogens (tertiary/aromatic N) is 3. The van der Waals surface area contributed by atoms with Crippen LogP contribution in [0.25, 0.3) is 0 Å². The van der Waals surface area contributed by atoms with E-state index in [1.807, 2.05) is 91.0 Å². The third-order valence-corrected chi connectivity index (χ3v) is 14.0. The minimum atomic E-state index is -3.50. The third-order valence-electron chi connectivity index (χ3n) is 7.97. The lowest BCUT2D eigenvalue weighted by molar-refractivity contribution is 0.0616. The summed E-state index contributed by atoms with van der Waals surface area (Å²) in [6.45, 7) is 11.9. The van der Waals surface area contributed by atoms with E-state index in [9.17, 15) is 4.21 Å². The highest BCUT2D eigenvalue weighted by Gasteiger charge is 2.42. The van der Waals surface area contributed by atoms with Crippen molar-refractivity contribution >= 4 is 18.2 Å². The Balaban J connectivity index is 1.63. The predicted molar refractivity (Wildman–Crippen MR) is 162 cm³/mol.